The van der Waals surface area contributed by atoms with Crippen molar-refractivity contribution in [3.63, 3.8) is 0 Å². The van der Waals surface area contributed by atoms with Crippen LogP contribution in [-0.4, -0.2) is 30.4 Å². The van der Waals surface area contributed by atoms with Crippen LogP contribution >= 0.6 is 0 Å². The van der Waals surface area contributed by atoms with Gasteiger partial charge in [-0.05, 0) is 32.9 Å². The predicted molar refractivity (Wildman–Crippen MR) is 60.0 cm³/mol. The Morgan fingerprint density at radius 3 is 2.14 bits per heavy atom. The van der Waals surface area contributed by atoms with Crippen LogP contribution in [0.25, 0.3) is 0 Å². The van der Waals surface area contributed by atoms with Crippen molar-refractivity contribution in [3.05, 3.63) is 11.6 Å². The maximum absolute atomic E-state index is 10.8. The molecule has 0 aliphatic heterocycles. The summed E-state index contributed by atoms with van der Waals surface area (Å²) in [4.78, 5) is 13.1. The van der Waals surface area contributed by atoms with E-state index >= 15 is 0 Å². The lowest BCUT2D eigenvalue weighted by atomic mass is 10.2. The molecule has 3 nitrogen and oxygen atoms in total. The Morgan fingerprint density at radius 1 is 1.29 bits per heavy atom. The van der Waals surface area contributed by atoms with Crippen molar-refractivity contribution in [2.75, 3.05) is 19.6 Å². The SMILES string of the molecule is CCCN(CC=C(C)C(N)=O)CCC. The van der Waals surface area contributed by atoms with Crippen LogP contribution in [0.1, 0.15) is 33.6 Å². The average molecular weight is 198 g/mol. The molecule has 0 rings (SSSR count). The van der Waals surface area contributed by atoms with Crippen LogP contribution in [0.2, 0.25) is 0 Å². The smallest absolute Gasteiger partial charge is 0.244 e. The van der Waals surface area contributed by atoms with Crippen molar-refractivity contribution >= 4 is 5.91 Å². The van der Waals surface area contributed by atoms with Gasteiger partial charge < -0.3 is 5.73 Å². The lowest BCUT2D eigenvalue weighted by molar-refractivity contribution is -0.114. The van der Waals surface area contributed by atoms with Gasteiger partial charge in [0.15, 0.2) is 0 Å². The molecule has 0 heterocycles. The molecule has 82 valence electrons. The quantitative estimate of drug-likeness (QED) is 0.631. The highest BCUT2D eigenvalue weighted by Crippen LogP contribution is 1.97. The highest BCUT2D eigenvalue weighted by molar-refractivity contribution is 5.91. The minimum Gasteiger partial charge on any atom is -0.366 e. The van der Waals surface area contributed by atoms with Crippen LogP contribution in [0.4, 0.5) is 0 Å². The molecule has 0 aliphatic carbocycles. The molecular formula is C11H22N2O. The third kappa shape index (κ3) is 5.75. The first-order valence-corrected chi connectivity index (χ1v) is 5.30. The van der Waals surface area contributed by atoms with Gasteiger partial charge in [0, 0.05) is 12.1 Å². The fourth-order valence-corrected chi connectivity index (χ4v) is 1.29. The van der Waals surface area contributed by atoms with Gasteiger partial charge in [-0.3, -0.25) is 9.69 Å². The van der Waals surface area contributed by atoms with Gasteiger partial charge in [0.1, 0.15) is 0 Å². The van der Waals surface area contributed by atoms with Gasteiger partial charge in [-0.1, -0.05) is 19.9 Å². The lowest BCUT2D eigenvalue weighted by Crippen LogP contribution is -2.26. The summed E-state index contributed by atoms with van der Waals surface area (Å²) in [6, 6.07) is 0. The Kier molecular flexibility index (Phi) is 7.11. The number of nitrogens with zero attached hydrogens (tertiary/aromatic N) is 1. The maximum Gasteiger partial charge on any atom is 0.244 e. The van der Waals surface area contributed by atoms with Gasteiger partial charge in [0.05, 0.1) is 0 Å². The van der Waals surface area contributed by atoms with Gasteiger partial charge in [-0.25, -0.2) is 0 Å². The van der Waals surface area contributed by atoms with Gasteiger partial charge in [0.25, 0.3) is 0 Å². The summed E-state index contributed by atoms with van der Waals surface area (Å²) in [7, 11) is 0. The Morgan fingerprint density at radius 2 is 1.79 bits per heavy atom. The fourth-order valence-electron chi connectivity index (χ4n) is 1.29. The molecule has 0 aromatic carbocycles. The third-order valence-corrected chi connectivity index (χ3v) is 2.12. The monoisotopic (exact) mass is 198 g/mol. The second kappa shape index (κ2) is 7.56. The van der Waals surface area contributed by atoms with Crippen LogP contribution in [0.5, 0.6) is 0 Å². The van der Waals surface area contributed by atoms with E-state index in [0.717, 1.165) is 32.5 Å². The summed E-state index contributed by atoms with van der Waals surface area (Å²) in [5.41, 5.74) is 5.80. The Balaban J connectivity index is 4.02. The first kappa shape index (κ1) is 13.2. The summed E-state index contributed by atoms with van der Waals surface area (Å²) in [5.74, 6) is -0.321. The van der Waals surface area contributed by atoms with Crippen LogP contribution in [-0.2, 0) is 4.79 Å². The fraction of sp³-hybridized carbons (Fsp3) is 0.727. The first-order valence-electron chi connectivity index (χ1n) is 5.30. The molecule has 14 heavy (non-hydrogen) atoms. The zero-order valence-corrected chi connectivity index (χ0v) is 9.55. The standard InChI is InChI=1S/C11H22N2O/c1-4-7-13(8-5-2)9-6-10(3)11(12)14/h6H,4-5,7-9H2,1-3H3,(H2,12,14). The Bertz CT molecular complexity index is 193. The Hall–Kier alpha value is -0.830. The minimum absolute atomic E-state index is 0.321. The molecule has 0 radical (unpaired) electrons. The molecule has 0 fully saturated rings. The predicted octanol–water partition coefficient (Wildman–Crippen LogP) is 1.54. The number of hydrogen-bond acceptors (Lipinski definition) is 2. The molecule has 0 spiro atoms. The van der Waals surface area contributed by atoms with Crippen molar-refractivity contribution < 1.29 is 4.79 Å². The molecule has 0 aromatic rings. The molecule has 3 heteroatoms. The molecule has 0 aromatic heterocycles. The summed E-state index contributed by atoms with van der Waals surface area (Å²) in [6.07, 6.45) is 4.20. The molecule has 0 bridgehead atoms. The van der Waals surface area contributed by atoms with Crippen molar-refractivity contribution in [2.24, 2.45) is 5.73 Å². The summed E-state index contributed by atoms with van der Waals surface area (Å²) in [6.45, 7) is 9.07. The highest BCUT2D eigenvalue weighted by Gasteiger charge is 2.01. The third-order valence-electron chi connectivity index (χ3n) is 2.12. The number of nitrogens with two attached hydrogens (primary N) is 1. The molecule has 0 unspecified atom stereocenters. The van der Waals surface area contributed by atoms with Crippen molar-refractivity contribution in [1.29, 1.82) is 0 Å². The van der Waals surface area contributed by atoms with E-state index in [9.17, 15) is 4.79 Å². The summed E-state index contributed by atoms with van der Waals surface area (Å²) in [5, 5.41) is 0. The normalized spacial score (nSPS) is 12.1. The largest absolute Gasteiger partial charge is 0.366 e. The highest BCUT2D eigenvalue weighted by atomic mass is 16.1. The van der Waals surface area contributed by atoms with Crippen LogP contribution in [0.3, 0.4) is 0 Å². The number of primary amides is 1. The minimum atomic E-state index is -0.321. The van der Waals surface area contributed by atoms with Crippen LogP contribution in [0, 0.1) is 0 Å². The number of carbonyl (C=O) groups is 1. The van der Waals surface area contributed by atoms with Gasteiger partial charge in [-0.2, -0.15) is 0 Å². The van der Waals surface area contributed by atoms with E-state index < -0.39 is 0 Å². The number of amides is 1. The zero-order chi connectivity index (χ0) is 11.0. The molecule has 0 saturated carbocycles. The van der Waals surface area contributed by atoms with E-state index in [2.05, 4.69) is 18.7 Å². The molecule has 0 saturated heterocycles. The average Bonchev–Trinajstić information content (AvgIpc) is 2.14. The molecule has 0 aliphatic rings. The van der Waals surface area contributed by atoms with Gasteiger partial charge >= 0.3 is 0 Å². The van der Waals surface area contributed by atoms with E-state index in [0.29, 0.717) is 5.57 Å². The van der Waals surface area contributed by atoms with Crippen LogP contribution in [0.15, 0.2) is 11.6 Å². The lowest BCUT2D eigenvalue weighted by Gasteiger charge is -2.18. The van der Waals surface area contributed by atoms with E-state index in [1.807, 2.05) is 6.08 Å². The van der Waals surface area contributed by atoms with Crippen LogP contribution < -0.4 is 5.73 Å². The van der Waals surface area contributed by atoms with E-state index in [1.54, 1.807) is 6.92 Å². The summed E-state index contributed by atoms with van der Waals surface area (Å²) < 4.78 is 0. The second-order valence-electron chi connectivity index (χ2n) is 3.55. The zero-order valence-electron chi connectivity index (χ0n) is 9.55. The number of hydrogen-bond donors (Lipinski definition) is 1. The second-order valence-corrected chi connectivity index (χ2v) is 3.55. The molecular weight excluding hydrogens is 176 g/mol. The summed E-state index contributed by atoms with van der Waals surface area (Å²) >= 11 is 0. The Labute approximate surface area is 87.0 Å². The van der Waals surface area contributed by atoms with Crippen molar-refractivity contribution in [3.8, 4) is 0 Å². The molecule has 0 atom stereocenters. The van der Waals surface area contributed by atoms with E-state index in [4.69, 9.17) is 5.73 Å². The van der Waals surface area contributed by atoms with E-state index in [-0.39, 0.29) is 5.91 Å². The van der Waals surface area contributed by atoms with Gasteiger partial charge in [-0.15, -0.1) is 0 Å². The van der Waals surface area contributed by atoms with Crippen molar-refractivity contribution in [2.45, 2.75) is 33.6 Å². The topological polar surface area (TPSA) is 46.3 Å². The molecule has 2 N–H and O–H groups in total. The van der Waals surface area contributed by atoms with Gasteiger partial charge in [0.2, 0.25) is 5.91 Å². The van der Waals surface area contributed by atoms with E-state index in [1.165, 1.54) is 0 Å². The molecule has 1 amide bonds. The van der Waals surface area contributed by atoms with Crippen molar-refractivity contribution in [1.82, 2.24) is 4.90 Å². The number of rotatable bonds is 7. The first-order chi connectivity index (χ1) is 6.61. The maximum atomic E-state index is 10.8. The number of carbonyl (C=O) groups excluding carboxylic acids is 1.